The molecular formula is C19H24N2O. The zero-order chi connectivity index (χ0) is 15.4. The highest BCUT2D eigenvalue weighted by atomic mass is 16.5. The lowest BCUT2D eigenvalue weighted by Crippen LogP contribution is -2.38. The van der Waals surface area contributed by atoms with Crippen molar-refractivity contribution in [3.63, 3.8) is 0 Å². The van der Waals surface area contributed by atoms with E-state index in [0.29, 0.717) is 17.7 Å². The number of likely N-dealkylation sites (tertiary alicyclic amines) is 1. The van der Waals surface area contributed by atoms with Crippen LogP contribution in [0.4, 0.5) is 0 Å². The van der Waals surface area contributed by atoms with Gasteiger partial charge < -0.3 is 4.74 Å². The standard InChI is InChI=1S/C19H24N2O/c1-15-10-18(17-8-9-19(22-2)20-11-17)14-21(12-15)13-16-6-4-3-5-7-16/h3-9,11,15,18H,10,12-14H2,1-2H3. The molecule has 3 heteroatoms. The molecule has 1 saturated heterocycles. The normalized spacial score (nSPS) is 22.5. The number of hydrogen-bond donors (Lipinski definition) is 0. The van der Waals surface area contributed by atoms with Gasteiger partial charge >= 0.3 is 0 Å². The quantitative estimate of drug-likeness (QED) is 0.860. The third-order valence-corrected chi connectivity index (χ3v) is 4.42. The maximum atomic E-state index is 5.16. The van der Waals surface area contributed by atoms with Gasteiger partial charge in [-0.05, 0) is 29.4 Å². The highest BCUT2D eigenvalue weighted by molar-refractivity contribution is 5.22. The Labute approximate surface area is 132 Å². The predicted molar refractivity (Wildman–Crippen MR) is 89.0 cm³/mol. The first-order valence-electron chi connectivity index (χ1n) is 8.01. The van der Waals surface area contributed by atoms with Crippen molar-refractivity contribution >= 4 is 0 Å². The molecule has 1 aromatic heterocycles. The summed E-state index contributed by atoms with van der Waals surface area (Å²) in [4.78, 5) is 6.93. The Balaban J connectivity index is 1.70. The monoisotopic (exact) mass is 296 g/mol. The molecule has 2 aromatic rings. The van der Waals surface area contributed by atoms with Crippen molar-refractivity contribution < 1.29 is 4.74 Å². The molecule has 2 unspecified atom stereocenters. The molecule has 1 aromatic carbocycles. The van der Waals surface area contributed by atoms with Gasteiger partial charge in [-0.15, -0.1) is 0 Å². The summed E-state index contributed by atoms with van der Waals surface area (Å²) in [7, 11) is 1.66. The fourth-order valence-electron chi connectivity index (χ4n) is 3.43. The van der Waals surface area contributed by atoms with Gasteiger partial charge in [0, 0.05) is 31.9 Å². The number of methoxy groups -OCH3 is 1. The fourth-order valence-corrected chi connectivity index (χ4v) is 3.43. The van der Waals surface area contributed by atoms with Crippen molar-refractivity contribution in [1.29, 1.82) is 0 Å². The van der Waals surface area contributed by atoms with Crippen LogP contribution in [0.5, 0.6) is 5.88 Å². The maximum Gasteiger partial charge on any atom is 0.212 e. The molecule has 1 aliphatic rings. The second kappa shape index (κ2) is 6.93. The number of ether oxygens (including phenoxy) is 1. The van der Waals surface area contributed by atoms with E-state index in [4.69, 9.17) is 4.74 Å². The summed E-state index contributed by atoms with van der Waals surface area (Å²) in [6.07, 6.45) is 3.21. The Kier molecular flexibility index (Phi) is 4.74. The summed E-state index contributed by atoms with van der Waals surface area (Å²) in [5.74, 6) is 1.96. The summed E-state index contributed by atoms with van der Waals surface area (Å²) in [5.41, 5.74) is 2.72. The number of aromatic nitrogens is 1. The van der Waals surface area contributed by atoms with Crippen LogP contribution in [0.1, 0.15) is 30.4 Å². The first-order valence-corrected chi connectivity index (χ1v) is 8.01. The Morgan fingerprint density at radius 1 is 1.14 bits per heavy atom. The van der Waals surface area contributed by atoms with Crippen molar-refractivity contribution in [1.82, 2.24) is 9.88 Å². The minimum atomic E-state index is 0.561. The molecule has 2 heterocycles. The summed E-state index contributed by atoms with van der Waals surface area (Å²) in [6.45, 7) is 5.66. The largest absolute Gasteiger partial charge is 0.481 e. The number of nitrogens with zero attached hydrogens (tertiary/aromatic N) is 2. The van der Waals surface area contributed by atoms with Crippen LogP contribution in [0.2, 0.25) is 0 Å². The average Bonchev–Trinajstić information content (AvgIpc) is 2.55. The molecule has 0 spiro atoms. The van der Waals surface area contributed by atoms with Crippen LogP contribution >= 0.6 is 0 Å². The molecule has 116 valence electrons. The summed E-state index contributed by atoms with van der Waals surface area (Å²) >= 11 is 0. The first-order chi connectivity index (χ1) is 10.7. The van der Waals surface area contributed by atoms with E-state index in [9.17, 15) is 0 Å². The van der Waals surface area contributed by atoms with Crippen LogP contribution in [0.3, 0.4) is 0 Å². The van der Waals surface area contributed by atoms with Gasteiger partial charge in [0.05, 0.1) is 7.11 Å². The van der Waals surface area contributed by atoms with E-state index in [-0.39, 0.29) is 0 Å². The van der Waals surface area contributed by atoms with E-state index in [2.05, 4.69) is 53.2 Å². The highest BCUT2D eigenvalue weighted by Crippen LogP contribution is 2.31. The minimum absolute atomic E-state index is 0.561. The zero-order valence-electron chi connectivity index (χ0n) is 13.4. The molecule has 22 heavy (non-hydrogen) atoms. The van der Waals surface area contributed by atoms with Crippen LogP contribution in [0.25, 0.3) is 0 Å². The van der Waals surface area contributed by atoms with Crippen LogP contribution in [-0.4, -0.2) is 30.1 Å². The van der Waals surface area contributed by atoms with E-state index in [0.717, 1.165) is 13.1 Å². The molecule has 2 atom stereocenters. The number of hydrogen-bond acceptors (Lipinski definition) is 3. The molecule has 3 rings (SSSR count). The van der Waals surface area contributed by atoms with Gasteiger partial charge in [0.15, 0.2) is 0 Å². The topological polar surface area (TPSA) is 25.4 Å². The highest BCUT2D eigenvalue weighted by Gasteiger charge is 2.26. The Hall–Kier alpha value is -1.87. The number of piperidine rings is 1. The van der Waals surface area contributed by atoms with Gasteiger partial charge in [-0.2, -0.15) is 0 Å². The molecule has 3 nitrogen and oxygen atoms in total. The molecule has 0 aliphatic carbocycles. The molecular weight excluding hydrogens is 272 g/mol. The van der Waals surface area contributed by atoms with Gasteiger partial charge in [-0.1, -0.05) is 43.3 Å². The Morgan fingerprint density at radius 3 is 2.64 bits per heavy atom. The van der Waals surface area contributed by atoms with Crippen molar-refractivity contribution in [2.45, 2.75) is 25.8 Å². The summed E-state index contributed by atoms with van der Waals surface area (Å²) in [6, 6.07) is 14.9. The van der Waals surface area contributed by atoms with E-state index >= 15 is 0 Å². The zero-order valence-corrected chi connectivity index (χ0v) is 13.4. The molecule has 1 aliphatic heterocycles. The number of rotatable bonds is 4. The van der Waals surface area contributed by atoms with E-state index in [1.807, 2.05) is 12.3 Å². The third kappa shape index (κ3) is 3.66. The van der Waals surface area contributed by atoms with E-state index in [1.165, 1.54) is 24.1 Å². The predicted octanol–water partition coefficient (Wildman–Crippen LogP) is 3.72. The minimum Gasteiger partial charge on any atom is -0.481 e. The fraction of sp³-hybridized carbons (Fsp3) is 0.421. The average molecular weight is 296 g/mol. The van der Waals surface area contributed by atoms with E-state index in [1.54, 1.807) is 7.11 Å². The number of benzene rings is 1. The SMILES string of the molecule is COc1ccc(C2CC(C)CN(Cc3ccccc3)C2)cn1. The van der Waals surface area contributed by atoms with Gasteiger partial charge in [-0.3, -0.25) is 4.90 Å². The van der Waals surface area contributed by atoms with Crippen LogP contribution < -0.4 is 4.74 Å². The van der Waals surface area contributed by atoms with Gasteiger partial charge in [0.2, 0.25) is 5.88 Å². The Bertz CT molecular complexity index is 582. The van der Waals surface area contributed by atoms with Gasteiger partial charge in [-0.25, -0.2) is 4.98 Å². The molecule has 0 amide bonds. The van der Waals surface area contributed by atoms with Crippen LogP contribution in [0, 0.1) is 5.92 Å². The Morgan fingerprint density at radius 2 is 1.95 bits per heavy atom. The maximum absolute atomic E-state index is 5.16. The number of pyridine rings is 1. The van der Waals surface area contributed by atoms with Crippen molar-refractivity contribution in [2.24, 2.45) is 5.92 Å². The van der Waals surface area contributed by atoms with Crippen molar-refractivity contribution in [2.75, 3.05) is 20.2 Å². The lowest BCUT2D eigenvalue weighted by Gasteiger charge is -2.36. The lowest BCUT2D eigenvalue weighted by atomic mass is 9.86. The lowest BCUT2D eigenvalue weighted by molar-refractivity contribution is 0.156. The van der Waals surface area contributed by atoms with Crippen molar-refractivity contribution in [3.8, 4) is 5.88 Å². The van der Waals surface area contributed by atoms with Gasteiger partial charge in [0.25, 0.3) is 0 Å². The summed E-state index contributed by atoms with van der Waals surface area (Å²) < 4.78 is 5.16. The smallest absolute Gasteiger partial charge is 0.212 e. The van der Waals surface area contributed by atoms with Crippen molar-refractivity contribution in [3.05, 3.63) is 59.8 Å². The first kappa shape index (κ1) is 15.0. The molecule has 0 saturated carbocycles. The third-order valence-electron chi connectivity index (χ3n) is 4.42. The second-order valence-electron chi connectivity index (χ2n) is 6.35. The molecule has 0 bridgehead atoms. The van der Waals surface area contributed by atoms with Crippen LogP contribution in [0.15, 0.2) is 48.7 Å². The molecule has 0 N–H and O–H groups in total. The van der Waals surface area contributed by atoms with E-state index < -0.39 is 0 Å². The summed E-state index contributed by atoms with van der Waals surface area (Å²) in [5, 5.41) is 0. The van der Waals surface area contributed by atoms with Gasteiger partial charge in [0.1, 0.15) is 0 Å². The van der Waals surface area contributed by atoms with Crippen LogP contribution in [-0.2, 0) is 6.54 Å². The second-order valence-corrected chi connectivity index (χ2v) is 6.35. The molecule has 0 radical (unpaired) electrons. The molecule has 1 fully saturated rings.